The number of nitrogens with one attached hydrogen (secondary N) is 2. The normalized spacial score (nSPS) is 11.9. The van der Waals surface area contributed by atoms with E-state index < -0.39 is 6.04 Å². The molecule has 1 aromatic carbocycles. The summed E-state index contributed by atoms with van der Waals surface area (Å²) in [5, 5.41) is 7.38. The van der Waals surface area contributed by atoms with Crippen LogP contribution in [0.25, 0.3) is 10.9 Å². The zero-order valence-electron chi connectivity index (χ0n) is 15.8. The summed E-state index contributed by atoms with van der Waals surface area (Å²) in [7, 11) is 0. The van der Waals surface area contributed by atoms with Gasteiger partial charge in [0.25, 0.3) is 0 Å². The first kappa shape index (κ1) is 18.7. The number of amides is 1. The predicted molar refractivity (Wildman–Crippen MR) is 112 cm³/mol. The fourth-order valence-corrected chi connectivity index (χ4v) is 3.09. The highest BCUT2D eigenvalue weighted by atomic mass is 16.2. The van der Waals surface area contributed by atoms with Crippen LogP contribution in [0.5, 0.6) is 0 Å². The lowest BCUT2D eigenvalue weighted by atomic mass is 10.1. The van der Waals surface area contributed by atoms with Gasteiger partial charge in [-0.25, -0.2) is 0 Å². The molecule has 0 aliphatic rings. The number of carbonyl (C=O) groups is 1. The second-order valence-corrected chi connectivity index (χ2v) is 6.67. The van der Waals surface area contributed by atoms with Gasteiger partial charge in [0.2, 0.25) is 5.91 Å². The summed E-state index contributed by atoms with van der Waals surface area (Å²) in [5.41, 5.74) is 3.59. The molecule has 1 amide bonds. The fourth-order valence-electron chi connectivity index (χ4n) is 3.09. The van der Waals surface area contributed by atoms with E-state index in [0.717, 1.165) is 22.0 Å². The van der Waals surface area contributed by atoms with Crippen molar-refractivity contribution in [1.29, 1.82) is 0 Å². The molecule has 0 aliphatic carbocycles. The molecule has 29 heavy (non-hydrogen) atoms. The molecule has 0 aliphatic heterocycles. The molecule has 0 radical (unpaired) electrons. The standard InChI is InChI=1S/C23H21N5O/c29-23(27-16-18-9-13-25-14-10-18)22(26-15-17-7-11-24-12-8-17)21-6-5-19-3-1-2-4-20(19)28-21/h1-14,22,26H,15-16H2,(H,27,29). The van der Waals surface area contributed by atoms with E-state index in [0.29, 0.717) is 18.8 Å². The predicted octanol–water partition coefficient (Wildman–Crippen LogP) is 3.17. The second-order valence-electron chi connectivity index (χ2n) is 6.67. The monoisotopic (exact) mass is 383 g/mol. The van der Waals surface area contributed by atoms with Crippen molar-refractivity contribution in [1.82, 2.24) is 25.6 Å². The Hall–Kier alpha value is -3.64. The minimum absolute atomic E-state index is 0.126. The highest BCUT2D eigenvalue weighted by Gasteiger charge is 2.21. The van der Waals surface area contributed by atoms with Gasteiger partial charge in [-0.3, -0.25) is 25.1 Å². The fraction of sp³-hybridized carbons (Fsp3) is 0.130. The number of aromatic nitrogens is 3. The molecule has 0 bridgehead atoms. The van der Waals surface area contributed by atoms with Crippen molar-refractivity contribution in [2.24, 2.45) is 0 Å². The van der Waals surface area contributed by atoms with Crippen LogP contribution < -0.4 is 10.6 Å². The Kier molecular flexibility index (Phi) is 5.83. The highest BCUT2D eigenvalue weighted by Crippen LogP contribution is 2.18. The van der Waals surface area contributed by atoms with E-state index in [2.05, 4.69) is 20.6 Å². The van der Waals surface area contributed by atoms with Crippen LogP contribution in [0, 0.1) is 0 Å². The molecule has 0 saturated heterocycles. The molecule has 3 aromatic heterocycles. The van der Waals surface area contributed by atoms with Gasteiger partial charge in [0.1, 0.15) is 6.04 Å². The van der Waals surface area contributed by atoms with E-state index in [4.69, 9.17) is 4.98 Å². The topological polar surface area (TPSA) is 79.8 Å². The summed E-state index contributed by atoms with van der Waals surface area (Å²) in [5.74, 6) is -0.126. The SMILES string of the molecule is O=C(NCc1ccncc1)C(NCc1ccncc1)c1ccc2ccccc2n1. The van der Waals surface area contributed by atoms with Gasteiger partial charge in [0.05, 0.1) is 11.2 Å². The minimum Gasteiger partial charge on any atom is -0.350 e. The molecule has 1 unspecified atom stereocenters. The van der Waals surface area contributed by atoms with E-state index in [1.54, 1.807) is 24.8 Å². The van der Waals surface area contributed by atoms with Crippen molar-refractivity contribution in [3.05, 3.63) is 102 Å². The van der Waals surface area contributed by atoms with Crippen LogP contribution in [-0.4, -0.2) is 20.9 Å². The van der Waals surface area contributed by atoms with Crippen LogP contribution in [-0.2, 0) is 17.9 Å². The number of fused-ring (bicyclic) bond motifs is 1. The van der Waals surface area contributed by atoms with Gasteiger partial charge >= 0.3 is 0 Å². The molecule has 6 heteroatoms. The van der Waals surface area contributed by atoms with Crippen molar-refractivity contribution in [2.45, 2.75) is 19.1 Å². The molecule has 144 valence electrons. The van der Waals surface area contributed by atoms with Gasteiger partial charge in [-0.15, -0.1) is 0 Å². The van der Waals surface area contributed by atoms with Crippen molar-refractivity contribution < 1.29 is 4.79 Å². The zero-order valence-corrected chi connectivity index (χ0v) is 15.8. The lowest BCUT2D eigenvalue weighted by Gasteiger charge is -2.19. The van der Waals surface area contributed by atoms with Crippen molar-refractivity contribution in [3.8, 4) is 0 Å². The Balaban J connectivity index is 1.55. The first-order valence-corrected chi connectivity index (χ1v) is 9.44. The molecule has 0 spiro atoms. The summed E-state index contributed by atoms with van der Waals surface area (Å²) in [6, 6.07) is 18.8. The van der Waals surface area contributed by atoms with Crippen LogP contribution in [0.1, 0.15) is 22.9 Å². The zero-order chi connectivity index (χ0) is 19.9. The van der Waals surface area contributed by atoms with Crippen LogP contribution >= 0.6 is 0 Å². The Morgan fingerprint density at radius 3 is 2.17 bits per heavy atom. The van der Waals surface area contributed by atoms with Crippen LogP contribution in [0.3, 0.4) is 0 Å². The third-order valence-electron chi connectivity index (χ3n) is 4.65. The maximum absolute atomic E-state index is 13.0. The second kappa shape index (κ2) is 9.03. The quantitative estimate of drug-likeness (QED) is 0.512. The molecule has 0 fully saturated rings. The highest BCUT2D eigenvalue weighted by molar-refractivity contribution is 5.84. The first-order valence-electron chi connectivity index (χ1n) is 9.44. The van der Waals surface area contributed by atoms with E-state index in [-0.39, 0.29) is 5.91 Å². The Labute approximate surface area is 169 Å². The smallest absolute Gasteiger partial charge is 0.243 e. The average Bonchev–Trinajstić information content (AvgIpc) is 2.79. The number of pyridine rings is 3. The number of para-hydroxylation sites is 1. The van der Waals surface area contributed by atoms with Gasteiger partial charge < -0.3 is 5.32 Å². The number of hydrogen-bond donors (Lipinski definition) is 2. The van der Waals surface area contributed by atoms with Crippen molar-refractivity contribution >= 4 is 16.8 Å². The lowest BCUT2D eigenvalue weighted by molar-refractivity contribution is -0.123. The maximum Gasteiger partial charge on any atom is 0.243 e. The molecule has 2 N–H and O–H groups in total. The largest absolute Gasteiger partial charge is 0.350 e. The van der Waals surface area contributed by atoms with Gasteiger partial charge in [0, 0.05) is 43.3 Å². The third kappa shape index (κ3) is 4.80. The number of hydrogen-bond acceptors (Lipinski definition) is 5. The van der Waals surface area contributed by atoms with Gasteiger partial charge in [-0.2, -0.15) is 0 Å². The average molecular weight is 383 g/mol. The third-order valence-corrected chi connectivity index (χ3v) is 4.65. The Bertz CT molecular complexity index is 1090. The number of rotatable bonds is 7. The molecule has 0 saturated carbocycles. The van der Waals surface area contributed by atoms with Gasteiger partial charge in [0.15, 0.2) is 0 Å². The number of carbonyl (C=O) groups excluding carboxylic acids is 1. The molecule has 3 heterocycles. The molecule has 4 rings (SSSR count). The van der Waals surface area contributed by atoms with Gasteiger partial charge in [-0.1, -0.05) is 24.3 Å². The van der Waals surface area contributed by atoms with Crippen molar-refractivity contribution in [3.63, 3.8) is 0 Å². The van der Waals surface area contributed by atoms with Crippen LogP contribution in [0.2, 0.25) is 0 Å². The van der Waals surface area contributed by atoms with E-state index >= 15 is 0 Å². The summed E-state index contributed by atoms with van der Waals surface area (Å²) in [6.07, 6.45) is 6.91. The van der Waals surface area contributed by atoms with E-state index in [1.165, 1.54) is 0 Å². The van der Waals surface area contributed by atoms with Gasteiger partial charge in [-0.05, 0) is 47.5 Å². The Morgan fingerprint density at radius 2 is 1.45 bits per heavy atom. The summed E-state index contributed by atoms with van der Waals surface area (Å²) in [4.78, 5) is 25.8. The molecule has 1 atom stereocenters. The molecular weight excluding hydrogens is 362 g/mol. The van der Waals surface area contributed by atoms with Crippen LogP contribution in [0.4, 0.5) is 0 Å². The molecule has 4 aromatic rings. The maximum atomic E-state index is 13.0. The molecular formula is C23H21N5O. The van der Waals surface area contributed by atoms with Crippen molar-refractivity contribution in [2.75, 3.05) is 0 Å². The van der Waals surface area contributed by atoms with Crippen LogP contribution in [0.15, 0.2) is 85.5 Å². The number of nitrogens with zero attached hydrogens (tertiary/aromatic N) is 3. The summed E-state index contributed by atoms with van der Waals surface area (Å²) < 4.78 is 0. The summed E-state index contributed by atoms with van der Waals surface area (Å²) >= 11 is 0. The minimum atomic E-state index is -0.574. The first-order chi connectivity index (χ1) is 14.3. The lowest BCUT2D eigenvalue weighted by Crippen LogP contribution is -2.37. The summed E-state index contributed by atoms with van der Waals surface area (Å²) in [6.45, 7) is 0.965. The van der Waals surface area contributed by atoms with E-state index in [1.807, 2.05) is 60.7 Å². The van der Waals surface area contributed by atoms with E-state index in [9.17, 15) is 4.79 Å². The number of benzene rings is 1. The Morgan fingerprint density at radius 1 is 0.793 bits per heavy atom. The molecule has 6 nitrogen and oxygen atoms in total.